The summed E-state index contributed by atoms with van der Waals surface area (Å²) in [7, 11) is 0. The molecule has 1 aromatic carbocycles. The van der Waals surface area contributed by atoms with Crippen molar-refractivity contribution in [3.63, 3.8) is 0 Å². The van der Waals surface area contributed by atoms with Gasteiger partial charge < -0.3 is 51.1 Å². The Bertz CT molecular complexity index is 402. The van der Waals surface area contributed by atoms with E-state index in [2.05, 4.69) is 27.9 Å². The molecule has 0 fully saturated rings. The number of amidine groups is 1. The Morgan fingerprint density at radius 1 is 1.26 bits per heavy atom. The van der Waals surface area contributed by atoms with E-state index in [1.807, 2.05) is 30.3 Å². The maximum absolute atomic E-state index is 10.8. The maximum atomic E-state index is 10.8. The second kappa shape index (κ2) is 12.4. The molecule has 0 heterocycles. The van der Waals surface area contributed by atoms with Crippen molar-refractivity contribution < 1.29 is 30.7 Å². The third kappa shape index (κ3) is 9.86. The Hall–Kier alpha value is -0.661. The average molecular weight is 380 g/mol. The zero-order chi connectivity index (χ0) is 12.5. The van der Waals surface area contributed by atoms with Crippen LogP contribution >= 0.6 is 0 Å². The minimum atomic E-state index is -0.291. The minimum absolute atomic E-state index is 0. The number of aliphatic imine (C=N–C) groups is 2. The first-order valence-corrected chi connectivity index (χ1v) is 5.97. The molecule has 0 atom stereocenters. The van der Waals surface area contributed by atoms with Crippen LogP contribution in [-0.4, -0.2) is 29.9 Å². The topological polar surface area (TPSA) is 90.4 Å². The quantitative estimate of drug-likeness (QED) is 0.327. The number of rotatable bonds is 5. The van der Waals surface area contributed by atoms with Crippen molar-refractivity contribution in [1.82, 2.24) is 0 Å². The molecule has 0 amide bonds. The van der Waals surface area contributed by atoms with Crippen LogP contribution in [0.25, 0.3) is 5.32 Å². The van der Waals surface area contributed by atoms with Crippen molar-refractivity contribution >= 4 is 42.0 Å². The summed E-state index contributed by atoms with van der Waals surface area (Å²) in [5, 5.41) is 15.1. The van der Waals surface area contributed by atoms with E-state index in [-0.39, 0.29) is 42.4 Å². The largest absolute Gasteiger partial charge is 6.00 e. The fourth-order valence-corrected chi connectivity index (χ4v) is 1.30. The van der Waals surface area contributed by atoms with Crippen LogP contribution in [0, 0.1) is 0 Å². The van der Waals surface area contributed by atoms with Crippen molar-refractivity contribution in [3.8, 4) is 0 Å². The van der Waals surface area contributed by atoms with Gasteiger partial charge in [0.25, 0.3) is 0 Å². The molecular formula is C11H11N3O2S2Tc. The van der Waals surface area contributed by atoms with Gasteiger partial charge in [0.05, 0.1) is 0 Å². The number of nitrogens with zero attached hydrogens (tertiary/aromatic N) is 3. The van der Waals surface area contributed by atoms with Gasteiger partial charge in [-0.1, -0.05) is 36.2 Å². The van der Waals surface area contributed by atoms with Gasteiger partial charge in [-0.3, -0.25) is 0 Å². The van der Waals surface area contributed by atoms with Gasteiger partial charge >= 0.3 is 20.1 Å². The van der Waals surface area contributed by atoms with Crippen LogP contribution in [0.5, 0.6) is 0 Å². The molecule has 0 unspecified atom stereocenters. The predicted molar refractivity (Wildman–Crippen MR) is 74.3 cm³/mol. The van der Waals surface area contributed by atoms with E-state index in [0.717, 1.165) is 5.69 Å². The molecule has 0 spiro atoms. The molecule has 0 saturated carbocycles. The van der Waals surface area contributed by atoms with Crippen molar-refractivity contribution in [2.75, 3.05) is 18.8 Å². The average Bonchev–Trinajstić information content (AvgIpc) is 2.35. The standard InChI is InChI=1S/C11H14N3OS2.O.Tc/c15-10(8-16)12-6-7-13-11(17)14-9-4-2-1-3-5-9;;/h1-5H,6-8H2,(H3-,12,13,14,15,16,17);;/q-1;-2;+6/p-3/i;;1+1. The molecule has 0 aliphatic heterocycles. The SMILES string of the molecule is [99Tc+6].[O-2].[O-]C(C[S-])=NCC[N-]C([S-])=Nc1ccccc1. The van der Waals surface area contributed by atoms with Gasteiger partial charge in [-0.15, -0.1) is 5.75 Å². The minimum Gasteiger partial charge on any atom is -2.00 e. The fourth-order valence-electron chi connectivity index (χ4n) is 1.01. The Labute approximate surface area is 137 Å². The van der Waals surface area contributed by atoms with Crippen LogP contribution in [0.4, 0.5) is 5.69 Å². The molecule has 0 aliphatic rings. The van der Waals surface area contributed by atoms with Crippen molar-refractivity contribution in [2.45, 2.75) is 0 Å². The van der Waals surface area contributed by atoms with E-state index in [4.69, 9.17) is 12.6 Å². The molecule has 0 saturated heterocycles. The van der Waals surface area contributed by atoms with Gasteiger partial charge in [0.1, 0.15) is 0 Å². The molecule has 5 nitrogen and oxygen atoms in total. The summed E-state index contributed by atoms with van der Waals surface area (Å²) in [6, 6.07) is 9.33. The van der Waals surface area contributed by atoms with Crippen LogP contribution in [0.2, 0.25) is 0 Å². The molecule has 0 aromatic heterocycles. The Morgan fingerprint density at radius 3 is 2.47 bits per heavy atom. The van der Waals surface area contributed by atoms with Crippen LogP contribution in [-0.2, 0) is 50.8 Å². The van der Waals surface area contributed by atoms with E-state index < -0.39 is 0 Å². The Morgan fingerprint density at radius 2 is 1.89 bits per heavy atom. The van der Waals surface area contributed by atoms with Gasteiger partial charge in [0.15, 0.2) is 0 Å². The molecule has 1 radical (unpaired) electrons. The number of hydrogen-bond acceptors (Lipinski definition) is 5. The van der Waals surface area contributed by atoms with Gasteiger partial charge in [-0.05, 0) is 12.2 Å². The van der Waals surface area contributed by atoms with Crippen molar-refractivity contribution in [2.24, 2.45) is 9.98 Å². The molecular weight excluding hydrogens is 369 g/mol. The first-order chi connectivity index (χ1) is 8.22. The second-order valence-corrected chi connectivity index (χ2v) is 3.69. The summed E-state index contributed by atoms with van der Waals surface area (Å²) in [6.07, 6.45) is 0. The zero-order valence-corrected chi connectivity index (χ0v) is 13.4. The molecule has 1 aromatic rings. The smallest absolute Gasteiger partial charge is 2.00 e. The van der Waals surface area contributed by atoms with Gasteiger partial charge in [-0.2, -0.15) is 0 Å². The first kappa shape index (κ1) is 20.7. The Kier molecular flexibility index (Phi) is 13.5. The molecule has 0 aliphatic carbocycles. The summed E-state index contributed by atoms with van der Waals surface area (Å²) in [5.74, 6) is -0.278. The van der Waals surface area contributed by atoms with Gasteiger partial charge in [0.2, 0.25) is 0 Å². The molecule has 8 heteroatoms. The normalized spacial score (nSPS) is 11.2. The number of hydrogen-bond donors (Lipinski definition) is 0. The van der Waals surface area contributed by atoms with E-state index in [1.165, 1.54) is 0 Å². The molecule has 0 bridgehead atoms. The van der Waals surface area contributed by atoms with Gasteiger partial charge in [0, 0.05) is 6.54 Å². The van der Waals surface area contributed by atoms with Crippen LogP contribution in [0.3, 0.4) is 0 Å². The van der Waals surface area contributed by atoms with Crippen molar-refractivity contribution in [3.05, 3.63) is 35.6 Å². The number of para-hydroxylation sites is 1. The fraction of sp³-hybridized carbons (Fsp3) is 0.273. The molecule has 1 rings (SSSR count). The van der Waals surface area contributed by atoms with Gasteiger partial charge in [-0.25, -0.2) is 5.17 Å². The predicted octanol–water partition coefficient (Wildman–Crippen LogP) is 0.779. The van der Waals surface area contributed by atoms with E-state index in [1.54, 1.807) is 0 Å². The van der Waals surface area contributed by atoms with E-state index in [9.17, 15) is 5.11 Å². The molecule has 0 N–H and O–H groups in total. The van der Waals surface area contributed by atoms with Crippen LogP contribution in [0.15, 0.2) is 40.3 Å². The van der Waals surface area contributed by atoms with E-state index >= 15 is 0 Å². The third-order valence-corrected chi connectivity index (χ3v) is 2.21. The monoisotopic (exact) mass is 380 g/mol. The van der Waals surface area contributed by atoms with Crippen LogP contribution in [0.1, 0.15) is 0 Å². The summed E-state index contributed by atoms with van der Waals surface area (Å²) in [6.45, 7) is 0.663. The summed E-state index contributed by atoms with van der Waals surface area (Å²) in [5.41, 5.74) is 0.764. The Balaban J connectivity index is 0. The van der Waals surface area contributed by atoms with Crippen molar-refractivity contribution in [1.29, 1.82) is 0 Å². The first-order valence-electron chi connectivity index (χ1n) is 4.99. The molecule has 101 valence electrons. The summed E-state index contributed by atoms with van der Waals surface area (Å²) in [4.78, 5) is 7.80. The maximum Gasteiger partial charge on any atom is 6.00 e. The zero-order valence-electron chi connectivity index (χ0n) is 9.86. The summed E-state index contributed by atoms with van der Waals surface area (Å²) >= 11 is 9.51. The molecule has 19 heavy (non-hydrogen) atoms. The van der Waals surface area contributed by atoms with E-state index in [0.29, 0.717) is 13.1 Å². The second-order valence-electron chi connectivity index (χ2n) is 3.03. The van der Waals surface area contributed by atoms with Crippen LogP contribution < -0.4 is 5.11 Å². The third-order valence-electron chi connectivity index (χ3n) is 1.74. The number of benzene rings is 1. The summed E-state index contributed by atoms with van der Waals surface area (Å²) < 4.78 is 0.